The molecule has 0 saturated heterocycles. The molecule has 0 spiro atoms. The molecule has 2 aromatic heterocycles. The highest BCUT2D eigenvalue weighted by Gasteiger charge is 2.30. The Bertz CT molecular complexity index is 783. The molecule has 3 N–H and O–H groups in total. The van der Waals surface area contributed by atoms with Gasteiger partial charge in [0.25, 0.3) is 0 Å². The standard InChI is InChI=1S/C13H12F3N5/c1-2-9-10-11(17)18-19-12(10)21(20-9)8-5-3-7(4-6-8)13(14,15)16/h3-6H,2H2,1H3,(H3,17,18,19). The van der Waals surface area contributed by atoms with Crippen LogP contribution in [0, 0.1) is 0 Å². The number of aromatic nitrogens is 4. The fourth-order valence-electron chi connectivity index (χ4n) is 2.22. The fraction of sp³-hybridized carbons (Fsp3) is 0.231. The zero-order valence-corrected chi connectivity index (χ0v) is 11.1. The largest absolute Gasteiger partial charge is 0.416 e. The highest BCUT2D eigenvalue weighted by Crippen LogP contribution is 2.30. The third-order valence-electron chi connectivity index (χ3n) is 3.26. The van der Waals surface area contributed by atoms with Gasteiger partial charge in [0.2, 0.25) is 0 Å². The highest BCUT2D eigenvalue weighted by atomic mass is 19.4. The molecule has 2 heterocycles. The molecule has 3 rings (SSSR count). The molecule has 0 aliphatic rings. The van der Waals surface area contributed by atoms with Gasteiger partial charge in [0.1, 0.15) is 5.82 Å². The zero-order valence-electron chi connectivity index (χ0n) is 11.1. The second kappa shape index (κ2) is 4.51. The second-order valence-electron chi connectivity index (χ2n) is 4.59. The minimum atomic E-state index is -4.36. The molecule has 0 unspecified atom stereocenters. The smallest absolute Gasteiger partial charge is 0.383 e. The number of aryl methyl sites for hydroxylation is 1. The Kier molecular flexibility index (Phi) is 2.89. The van der Waals surface area contributed by atoms with E-state index >= 15 is 0 Å². The lowest BCUT2D eigenvalue weighted by molar-refractivity contribution is -0.137. The van der Waals surface area contributed by atoms with Crippen molar-refractivity contribution in [2.45, 2.75) is 19.5 Å². The predicted octanol–water partition coefficient (Wildman–Crippen LogP) is 2.91. The lowest BCUT2D eigenvalue weighted by Gasteiger charge is -2.07. The lowest BCUT2D eigenvalue weighted by Crippen LogP contribution is -2.05. The van der Waals surface area contributed by atoms with E-state index < -0.39 is 11.7 Å². The van der Waals surface area contributed by atoms with Crippen molar-refractivity contribution in [1.29, 1.82) is 0 Å². The predicted molar refractivity (Wildman–Crippen MR) is 72.0 cm³/mol. The summed E-state index contributed by atoms with van der Waals surface area (Å²) in [6.45, 7) is 1.92. The Balaban J connectivity index is 2.12. The monoisotopic (exact) mass is 295 g/mol. The third-order valence-corrected chi connectivity index (χ3v) is 3.26. The van der Waals surface area contributed by atoms with Crippen LogP contribution in [0.4, 0.5) is 19.0 Å². The zero-order chi connectivity index (χ0) is 15.2. The molecule has 3 aromatic rings. The van der Waals surface area contributed by atoms with Crippen molar-refractivity contribution in [3.05, 3.63) is 35.5 Å². The second-order valence-corrected chi connectivity index (χ2v) is 4.59. The molecule has 0 saturated carbocycles. The van der Waals surface area contributed by atoms with E-state index in [4.69, 9.17) is 5.73 Å². The van der Waals surface area contributed by atoms with E-state index in [0.717, 1.165) is 17.8 Å². The van der Waals surface area contributed by atoms with E-state index in [0.29, 0.717) is 29.0 Å². The van der Waals surface area contributed by atoms with Crippen LogP contribution in [0.25, 0.3) is 16.7 Å². The lowest BCUT2D eigenvalue weighted by atomic mass is 10.2. The maximum Gasteiger partial charge on any atom is 0.416 e. The number of nitrogen functional groups attached to an aromatic ring is 1. The number of rotatable bonds is 2. The number of anilines is 1. The summed E-state index contributed by atoms with van der Waals surface area (Å²) in [6.07, 6.45) is -3.71. The van der Waals surface area contributed by atoms with Crippen LogP contribution in [0.3, 0.4) is 0 Å². The van der Waals surface area contributed by atoms with Crippen LogP contribution in [-0.2, 0) is 12.6 Å². The first kappa shape index (κ1) is 13.5. The van der Waals surface area contributed by atoms with Crippen LogP contribution in [0.15, 0.2) is 24.3 Å². The Morgan fingerprint density at radius 2 is 1.90 bits per heavy atom. The molecular formula is C13H12F3N5. The molecule has 0 amide bonds. The van der Waals surface area contributed by atoms with E-state index in [9.17, 15) is 13.2 Å². The van der Waals surface area contributed by atoms with Crippen LogP contribution in [0.1, 0.15) is 18.2 Å². The summed E-state index contributed by atoms with van der Waals surface area (Å²) < 4.78 is 39.2. The van der Waals surface area contributed by atoms with Gasteiger partial charge in [-0.1, -0.05) is 6.92 Å². The maximum absolute atomic E-state index is 12.6. The number of H-pyrrole nitrogens is 1. The molecule has 0 fully saturated rings. The SMILES string of the molecule is CCc1nn(-c2ccc(C(F)(F)F)cc2)c2n[nH]c(N)c12. The summed E-state index contributed by atoms with van der Waals surface area (Å²) in [6, 6.07) is 4.76. The number of nitrogens with two attached hydrogens (primary N) is 1. The Labute approximate surface area is 117 Å². The van der Waals surface area contributed by atoms with E-state index in [1.165, 1.54) is 16.8 Å². The number of nitrogens with zero attached hydrogens (tertiary/aromatic N) is 3. The molecule has 0 radical (unpaired) electrons. The van der Waals surface area contributed by atoms with Crippen molar-refractivity contribution < 1.29 is 13.2 Å². The fourth-order valence-corrected chi connectivity index (χ4v) is 2.22. The van der Waals surface area contributed by atoms with Gasteiger partial charge < -0.3 is 5.73 Å². The van der Waals surface area contributed by atoms with Gasteiger partial charge in [-0.2, -0.15) is 23.4 Å². The molecule has 8 heteroatoms. The quantitative estimate of drug-likeness (QED) is 0.763. The summed E-state index contributed by atoms with van der Waals surface area (Å²) in [5, 5.41) is 11.8. The number of fused-ring (bicyclic) bond motifs is 1. The molecular weight excluding hydrogens is 283 g/mol. The van der Waals surface area contributed by atoms with Crippen LogP contribution >= 0.6 is 0 Å². The topological polar surface area (TPSA) is 72.5 Å². The number of benzene rings is 1. The molecule has 21 heavy (non-hydrogen) atoms. The van der Waals surface area contributed by atoms with E-state index in [1.807, 2.05) is 6.92 Å². The molecule has 5 nitrogen and oxygen atoms in total. The minimum Gasteiger partial charge on any atom is -0.383 e. The highest BCUT2D eigenvalue weighted by molar-refractivity contribution is 5.89. The summed E-state index contributed by atoms with van der Waals surface area (Å²) in [5.41, 5.74) is 6.85. The van der Waals surface area contributed by atoms with Crippen molar-refractivity contribution in [1.82, 2.24) is 20.0 Å². The van der Waals surface area contributed by atoms with E-state index in [-0.39, 0.29) is 0 Å². The third kappa shape index (κ3) is 2.12. The summed E-state index contributed by atoms with van der Waals surface area (Å²) in [5.74, 6) is 0.403. The minimum absolute atomic E-state index is 0.403. The summed E-state index contributed by atoms with van der Waals surface area (Å²) in [4.78, 5) is 0. The Morgan fingerprint density at radius 3 is 2.48 bits per heavy atom. The average Bonchev–Trinajstić information content (AvgIpc) is 2.99. The average molecular weight is 295 g/mol. The first-order valence-electron chi connectivity index (χ1n) is 6.31. The van der Waals surface area contributed by atoms with Gasteiger partial charge in [0.05, 0.1) is 22.3 Å². The Morgan fingerprint density at radius 1 is 1.24 bits per heavy atom. The number of hydrogen-bond acceptors (Lipinski definition) is 3. The molecule has 0 aliphatic heterocycles. The number of hydrogen-bond donors (Lipinski definition) is 2. The number of alkyl halides is 3. The number of nitrogens with one attached hydrogen (secondary N) is 1. The van der Waals surface area contributed by atoms with Gasteiger partial charge in [0.15, 0.2) is 5.65 Å². The molecule has 0 atom stereocenters. The summed E-state index contributed by atoms with van der Waals surface area (Å²) >= 11 is 0. The van der Waals surface area contributed by atoms with E-state index in [1.54, 1.807) is 0 Å². The van der Waals surface area contributed by atoms with E-state index in [2.05, 4.69) is 15.3 Å². The van der Waals surface area contributed by atoms with Crippen molar-refractivity contribution in [2.75, 3.05) is 5.73 Å². The van der Waals surface area contributed by atoms with Gasteiger partial charge >= 0.3 is 6.18 Å². The van der Waals surface area contributed by atoms with Crippen molar-refractivity contribution in [2.24, 2.45) is 0 Å². The van der Waals surface area contributed by atoms with Crippen molar-refractivity contribution in [3.8, 4) is 5.69 Å². The molecule has 110 valence electrons. The normalized spacial score (nSPS) is 12.2. The van der Waals surface area contributed by atoms with Gasteiger partial charge in [-0.05, 0) is 30.7 Å². The van der Waals surface area contributed by atoms with Crippen LogP contribution in [-0.4, -0.2) is 20.0 Å². The van der Waals surface area contributed by atoms with Crippen LogP contribution in [0.5, 0.6) is 0 Å². The first-order valence-corrected chi connectivity index (χ1v) is 6.31. The Hall–Kier alpha value is -2.51. The van der Waals surface area contributed by atoms with Crippen molar-refractivity contribution in [3.63, 3.8) is 0 Å². The van der Waals surface area contributed by atoms with Gasteiger partial charge in [-0.3, -0.25) is 5.10 Å². The van der Waals surface area contributed by atoms with Crippen LogP contribution < -0.4 is 5.73 Å². The maximum atomic E-state index is 12.6. The molecule has 0 aliphatic carbocycles. The van der Waals surface area contributed by atoms with Gasteiger partial charge in [0, 0.05) is 0 Å². The van der Waals surface area contributed by atoms with Crippen molar-refractivity contribution >= 4 is 16.9 Å². The number of halogens is 3. The number of aromatic amines is 1. The van der Waals surface area contributed by atoms with Gasteiger partial charge in [-0.15, -0.1) is 0 Å². The molecule has 1 aromatic carbocycles. The van der Waals surface area contributed by atoms with Crippen LogP contribution in [0.2, 0.25) is 0 Å². The first-order chi connectivity index (χ1) is 9.91. The summed E-state index contributed by atoms with van der Waals surface area (Å²) in [7, 11) is 0. The van der Waals surface area contributed by atoms with Gasteiger partial charge in [-0.25, -0.2) is 4.68 Å². The molecule has 0 bridgehead atoms.